The number of amides is 2. The number of ether oxygens (including phenoxy) is 1. The number of fused-ring (bicyclic) bond motifs is 1. The number of benzene rings is 2. The van der Waals surface area contributed by atoms with E-state index in [1.165, 1.54) is 0 Å². The molecule has 0 saturated heterocycles. The van der Waals surface area contributed by atoms with E-state index in [4.69, 9.17) is 16.2 Å². The summed E-state index contributed by atoms with van der Waals surface area (Å²) in [7, 11) is 1.67. The predicted molar refractivity (Wildman–Crippen MR) is 144 cm³/mol. The highest BCUT2D eigenvalue weighted by Crippen LogP contribution is 2.24. The third-order valence-corrected chi connectivity index (χ3v) is 6.70. The predicted octanol–water partition coefficient (Wildman–Crippen LogP) is 2.74. The maximum absolute atomic E-state index is 13.5. The van der Waals surface area contributed by atoms with Gasteiger partial charge in [-0.1, -0.05) is 36.8 Å². The first-order valence-corrected chi connectivity index (χ1v) is 12.9. The van der Waals surface area contributed by atoms with E-state index < -0.39 is 6.04 Å². The molecule has 3 rings (SSSR count). The van der Waals surface area contributed by atoms with Crippen molar-refractivity contribution >= 4 is 17.5 Å². The van der Waals surface area contributed by atoms with Crippen LogP contribution in [0.5, 0.6) is 5.75 Å². The normalized spacial score (nSPS) is 16.1. The summed E-state index contributed by atoms with van der Waals surface area (Å²) in [6.45, 7) is 6.02. The van der Waals surface area contributed by atoms with Crippen molar-refractivity contribution in [3.8, 4) is 5.75 Å². The number of hydrogen-bond acceptors (Lipinski definition) is 6. The van der Waals surface area contributed by atoms with Crippen LogP contribution < -0.4 is 21.1 Å². The minimum Gasteiger partial charge on any atom is -0.497 e. The molecule has 1 heterocycles. The number of hydrogen-bond donors (Lipinski definition) is 2. The van der Waals surface area contributed by atoms with Crippen LogP contribution in [0.1, 0.15) is 43.7 Å². The monoisotopic (exact) mass is 495 g/mol. The summed E-state index contributed by atoms with van der Waals surface area (Å²) in [4.78, 5) is 32.1. The Morgan fingerprint density at radius 1 is 1.03 bits per heavy atom. The van der Waals surface area contributed by atoms with Gasteiger partial charge in [-0.3, -0.25) is 14.5 Å². The Labute approximate surface area is 215 Å². The molecule has 8 nitrogen and oxygen atoms in total. The molecule has 4 N–H and O–H groups in total. The van der Waals surface area contributed by atoms with Gasteiger partial charge in [-0.05, 0) is 55.1 Å². The average Bonchev–Trinajstić information content (AvgIpc) is 2.91. The van der Waals surface area contributed by atoms with E-state index >= 15 is 0 Å². The van der Waals surface area contributed by atoms with Crippen molar-refractivity contribution in [3.63, 3.8) is 0 Å². The zero-order chi connectivity index (χ0) is 25.9. The van der Waals surface area contributed by atoms with Crippen LogP contribution in [0.25, 0.3) is 0 Å². The molecule has 0 fully saturated rings. The third kappa shape index (κ3) is 7.78. The number of carbonyl (C=O) groups excluding carboxylic acids is 2. The Kier molecular flexibility index (Phi) is 10.7. The van der Waals surface area contributed by atoms with E-state index in [0.717, 1.165) is 54.9 Å². The second-order valence-electron chi connectivity index (χ2n) is 9.43. The highest BCUT2D eigenvalue weighted by molar-refractivity contribution is 5.92. The Bertz CT molecular complexity index is 999. The fourth-order valence-corrected chi connectivity index (χ4v) is 4.71. The van der Waals surface area contributed by atoms with Gasteiger partial charge in [0.2, 0.25) is 11.8 Å². The van der Waals surface area contributed by atoms with Crippen LogP contribution in [0.3, 0.4) is 0 Å². The van der Waals surface area contributed by atoms with E-state index in [0.29, 0.717) is 39.1 Å². The van der Waals surface area contributed by atoms with Crippen LogP contribution >= 0.6 is 0 Å². The minimum absolute atomic E-state index is 0.00240. The van der Waals surface area contributed by atoms with Gasteiger partial charge in [-0.15, -0.1) is 0 Å². The van der Waals surface area contributed by atoms with Crippen LogP contribution in [-0.4, -0.2) is 67.5 Å². The quantitative estimate of drug-likeness (QED) is 0.546. The highest BCUT2D eigenvalue weighted by atomic mass is 16.5. The lowest BCUT2D eigenvalue weighted by Crippen LogP contribution is -2.46. The number of carbonyl (C=O) groups is 2. The molecule has 0 radical (unpaired) electrons. The van der Waals surface area contributed by atoms with Gasteiger partial charge in [-0.25, -0.2) is 0 Å². The topological polar surface area (TPSA) is 105 Å². The molecule has 36 heavy (non-hydrogen) atoms. The largest absolute Gasteiger partial charge is 0.497 e. The first kappa shape index (κ1) is 27.6. The van der Waals surface area contributed by atoms with Crippen molar-refractivity contribution in [2.24, 2.45) is 11.5 Å². The highest BCUT2D eigenvalue weighted by Gasteiger charge is 2.25. The second kappa shape index (κ2) is 14.0. The molecule has 0 spiro atoms. The molecular weight excluding hydrogens is 454 g/mol. The zero-order valence-electron chi connectivity index (χ0n) is 21.7. The van der Waals surface area contributed by atoms with Crippen molar-refractivity contribution in [2.75, 3.05) is 44.7 Å². The number of para-hydroxylation sites is 1. The number of unbranched alkanes of at least 4 members (excludes halogenated alkanes) is 1. The van der Waals surface area contributed by atoms with E-state index in [1.807, 2.05) is 52.3 Å². The van der Waals surface area contributed by atoms with Crippen LogP contribution in [-0.2, 0) is 22.7 Å². The molecule has 0 unspecified atom stereocenters. The van der Waals surface area contributed by atoms with Crippen LogP contribution in [0.4, 0.5) is 5.69 Å². The van der Waals surface area contributed by atoms with Gasteiger partial charge < -0.3 is 26.0 Å². The van der Waals surface area contributed by atoms with Crippen LogP contribution in [0.2, 0.25) is 0 Å². The lowest BCUT2D eigenvalue weighted by atomic mass is 10.1. The van der Waals surface area contributed by atoms with Crippen molar-refractivity contribution in [3.05, 3.63) is 59.7 Å². The van der Waals surface area contributed by atoms with Gasteiger partial charge in [0.15, 0.2) is 0 Å². The van der Waals surface area contributed by atoms with Gasteiger partial charge in [0, 0.05) is 51.9 Å². The second-order valence-corrected chi connectivity index (χ2v) is 9.43. The van der Waals surface area contributed by atoms with E-state index in [-0.39, 0.29) is 11.8 Å². The van der Waals surface area contributed by atoms with E-state index in [9.17, 15) is 9.59 Å². The first-order valence-electron chi connectivity index (χ1n) is 12.9. The molecule has 0 saturated carbocycles. The number of methoxy groups -OCH3 is 1. The van der Waals surface area contributed by atoms with Crippen LogP contribution in [0.15, 0.2) is 48.5 Å². The van der Waals surface area contributed by atoms with Gasteiger partial charge in [-0.2, -0.15) is 0 Å². The summed E-state index contributed by atoms with van der Waals surface area (Å²) in [5, 5.41) is 0. The fraction of sp³-hybridized carbons (Fsp3) is 0.500. The van der Waals surface area contributed by atoms with Gasteiger partial charge in [0.1, 0.15) is 5.75 Å². The number of nitrogens with two attached hydrogens (primary N) is 2. The minimum atomic E-state index is -0.565. The Morgan fingerprint density at radius 3 is 2.58 bits per heavy atom. The average molecular weight is 496 g/mol. The smallest absolute Gasteiger partial charge is 0.239 e. The molecule has 0 aliphatic carbocycles. The van der Waals surface area contributed by atoms with Crippen molar-refractivity contribution in [1.29, 1.82) is 0 Å². The number of anilines is 1. The number of nitrogens with zero attached hydrogens (tertiary/aromatic N) is 3. The lowest BCUT2D eigenvalue weighted by molar-refractivity contribution is -0.133. The first-order chi connectivity index (χ1) is 17.4. The zero-order valence-corrected chi connectivity index (χ0v) is 21.7. The molecule has 0 aromatic heterocycles. The van der Waals surface area contributed by atoms with E-state index in [2.05, 4.69) is 11.0 Å². The van der Waals surface area contributed by atoms with E-state index in [1.54, 1.807) is 14.0 Å². The molecule has 8 heteroatoms. The molecule has 1 atom stereocenters. The molecular formula is C28H41N5O3. The standard InChI is InChI=1S/C28H41N5O3/c1-22(34)33-16-8-15-31(20-23-9-7-11-25(19-23)36-2)17-18-32(21-24-10-3-4-13-27(24)33)28(35)26(30)12-5-6-14-29/h3-4,7,9-11,13,19,26H,5-6,8,12,14-18,20-21,29-30H2,1-2H3/t26-/m1/s1. The molecule has 2 aromatic carbocycles. The van der Waals surface area contributed by atoms with Gasteiger partial charge in [0.25, 0.3) is 0 Å². The Balaban J connectivity index is 1.87. The maximum atomic E-state index is 13.5. The van der Waals surface area contributed by atoms with Crippen molar-refractivity contribution in [1.82, 2.24) is 9.80 Å². The SMILES string of the molecule is COc1cccc(CN2CCCN(C(C)=O)c3ccccc3CN(C(=O)[C@H](N)CCCCN)CC2)c1. The van der Waals surface area contributed by atoms with Gasteiger partial charge in [0.05, 0.1) is 13.2 Å². The molecule has 0 bridgehead atoms. The van der Waals surface area contributed by atoms with Crippen LogP contribution in [0, 0.1) is 0 Å². The summed E-state index contributed by atoms with van der Waals surface area (Å²) >= 11 is 0. The summed E-state index contributed by atoms with van der Waals surface area (Å²) in [6, 6.07) is 15.3. The lowest BCUT2D eigenvalue weighted by Gasteiger charge is -2.30. The summed E-state index contributed by atoms with van der Waals surface area (Å²) in [5.74, 6) is 0.762. The molecule has 2 aromatic rings. The summed E-state index contributed by atoms with van der Waals surface area (Å²) in [5.41, 5.74) is 14.9. The van der Waals surface area contributed by atoms with Gasteiger partial charge >= 0.3 is 0 Å². The summed E-state index contributed by atoms with van der Waals surface area (Å²) < 4.78 is 5.40. The maximum Gasteiger partial charge on any atom is 0.239 e. The Hall–Kier alpha value is -2.94. The van der Waals surface area contributed by atoms with Crippen molar-refractivity contribution in [2.45, 2.75) is 51.7 Å². The summed E-state index contributed by atoms with van der Waals surface area (Å²) in [6.07, 6.45) is 3.12. The molecule has 2 amide bonds. The Morgan fingerprint density at radius 2 is 1.83 bits per heavy atom. The third-order valence-electron chi connectivity index (χ3n) is 6.70. The molecule has 196 valence electrons. The molecule has 1 aliphatic rings. The molecule has 1 aliphatic heterocycles. The van der Waals surface area contributed by atoms with Crippen molar-refractivity contribution < 1.29 is 14.3 Å². The number of rotatable bonds is 8. The fourth-order valence-electron chi connectivity index (χ4n) is 4.71.